The van der Waals surface area contributed by atoms with Gasteiger partial charge in [-0.2, -0.15) is 0 Å². The fourth-order valence-corrected chi connectivity index (χ4v) is 2.55. The van der Waals surface area contributed by atoms with Crippen LogP contribution in [0.25, 0.3) is 5.57 Å². The van der Waals surface area contributed by atoms with Crippen LogP contribution in [0.4, 0.5) is 0 Å². The Bertz CT molecular complexity index is 414. The lowest BCUT2D eigenvalue weighted by atomic mass is 9.78. The van der Waals surface area contributed by atoms with Crippen molar-refractivity contribution in [1.82, 2.24) is 10.3 Å². The van der Waals surface area contributed by atoms with E-state index in [9.17, 15) is 0 Å². The molecule has 1 N–H and O–H groups in total. The van der Waals surface area contributed by atoms with Gasteiger partial charge in [0.05, 0.1) is 5.02 Å². The molecule has 1 aliphatic carbocycles. The number of rotatable bonds is 1. The minimum Gasteiger partial charge on any atom is -0.313 e. The van der Waals surface area contributed by atoms with Gasteiger partial charge in [0.25, 0.3) is 0 Å². The Hall–Kier alpha value is -0.860. The van der Waals surface area contributed by atoms with E-state index in [0.29, 0.717) is 6.04 Å². The molecule has 2 heterocycles. The fourth-order valence-electron chi connectivity index (χ4n) is 2.37. The summed E-state index contributed by atoms with van der Waals surface area (Å²) in [5.74, 6) is 0.862. The second-order valence-corrected chi connectivity index (χ2v) is 4.77. The van der Waals surface area contributed by atoms with Gasteiger partial charge < -0.3 is 5.32 Å². The van der Waals surface area contributed by atoms with E-state index in [1.807, 2.05) is 12.3 Å². The van der Waals surface area contributed by atoms with Crippen LogP contribution in [0.5, 0.6) is 0 Å². The maximum atomic E-state index is 5.94. The van der Waals surface area contributed by atoms with Crippen LogP contribution in [-0.4, -0.2) is 17.6 Å². The van der Waals surface area contributed by atoms with Crippen molar-refractivity contribution in [2.75, 3.05) is 6.54 Å². The second-order valence-electron chi connectivity index (χ2n) is 4.34. The average molecular weight is 221 g/mol. The third-order valence-electron chi connectivity index (χ3n) is 3.39. The first kappa shape index (κ1) is 9.37. The number of allylic oxidation sites excluding steroid dienone is 1. The van der Waals surface area contributed by atoms with Crippen LogP contribution in [0, 0.1) is 5.92 Å². The van der Waals surface area contributed by atoms with E-state index in [-0.39, 0.29) is 0 Å². The number of hydrogen-bond acceptors (Lipinski definition) is 2. The number of nitrogens with zero attached hydrogens (tertiary/aromatic N) is 1. The lowest BCUT2D eigenvalue weighted by Gasteiger charge is -2.41. The van der Waals surface area contributed by atoms with Crippen LogP contribution < -0.4 is 5.32 Å². The summed E-state index contributed by atoms with van der Waals surface area (Å²) in [5.41, 5.74) is 2.56. The summed E-state index contributed by atoms with van der Waals surface area (Å²) in [6.45, 7) is 1.18. The maximum absolute atomic E-state index is 5.94. The van der Waals surface area contributed by atoms with Crippen LogP contribution in [0.3, 0.4) is 0 Å². The first-order chi connectivity index (χ1) is 7.33. The minimum absolute atomic E-state index is 0.684. The van der Waals surface area contributed by atoms with Crippen molar-refractivity contribution in [1.29, 1.82) is 0 Å². The number of nitrogens with one attached hydrogen (secondary N) is 1. The lowest BCUT2D eigenvalue weighted by molar-refractivity contribution is 0.231. The topological polar surface area (TPSA) is 24.9 Å². The summed E-state index contributed by atoms with van der Waals surface area (Å²) < 4.78 is 0. The molecule has 2 nitrogen and oxygen atoms in total. The van der Waals surface area contributed by atoms with Crippen molar-refractivity contribution in [2.24, 2.45) is 5.92 Å². The summed E-state index contributed by atoms with van der Waals surface area (Å²) in [6, 6.07) is 2.68. The number of aromatic nitrogens is 1. The standard InChI is InChI=1S/C12H13ClN2/c13-11-3-10(5-14-7-11)8-1-2-9-6-15-12(9)4-8/h1,3,5,7,9,12,15H,2,4,6H2/t9-,12-/m1/s1. The van der Waals surface area contributed by atoms with Gasteiger partial charge in [-0.25, -0.2) is 0 Å². The number of fused-ring (bicyclic) bond motifs is 1. The predicted octanol–water partition coefficient (Wildman–Crippen LogP) is 2.50. The zero-order valence-electron chi connectivity index (χ0n) is 8.41. The van der Waals surface area contributed by atoms with Gasteiger partial charge in [-0.1, -0.05) is 17.7 Å². The normalized spacial score (nSPS) is 29.0. The van der Waals surface area contributed by atoms with Gasteiger partial charge in [-0.3, -0.25) is 4.98 Å². The van der Waals surface area contributed by atoms with Crippen molar-refractivity contribution in [2.45, 2.75) is 18.9 Å². The highest BCUT2D eigenvalue weighted by atomic mass is 35.5. The molecule has 0 bridgehead atoms. The molecule has 78 valence electrons. The number of pyridine rings is 1. The molecule has 0 aromatic carbocycles. The molecule has 1 aromatic heterocycles. The molecule has 1 aromatic rings. The Morgan fingerprint density at radius 3 is 3.00 bits per heavy atom. The molecule has 2 atom stereocenters. The van der Waals surface area contributed by atoms with Gasteiger partial charge in [0, 0.05) is 25.0 Å². The first-order valence-electron chi connectivity index (χ1n) is 5.36. The minimum atomic E-state index is 0.684. The Kier molecular flexibility index (Phi) is 2.26. The van der Waals surface area contributed by atoms with Crippen LogP contribution in [0.2, 0.25) is 5.02 Å². The Balaban J connectivity index is 1.88. The highest BCUT2D eigenvalue weighted by Gasteiger charge is 2.32. The van der Waals surface area contributed by atoms with E-state index >= 15 is 0 Å². The molecule has 1 aliphatic heterocycles. The monoisotopic (exact) mass is 220 g/mol. The highest BCUT2D eigenvalue weighted by Crippen LogP contribution is 2.34. The molecule has 15 heavy (non-hydrogen) atoms. The largest absolute Gasteiger partial charge is 0.313 e. The van der Waals surface area contributed by atoms with Crippen LogP contribution >= 0.6 is 11.6 Å². The van der Waals surface area contributed by atoms with E-state index < -0.39 is 0 Å². The highest BCUT2D eigenvalue weighted by molar-refractivity contribution is 6.30. The van der Waals surface area contributed by atoms with E-state index in [1.165, 1.54) is 24.1 Å². The molecule has 2 aliphatic rings. The third-order valence-corrected chi connectivity index (χ3v) is 3.60. The van der Waals surface area contributed by atoms with E-state index in [2.05, 4.69) is 16.4 Å². The molecule has 0 spiro atoms. The SMILES string of the molecule is Clc1cncc(C2=CC[C@@H]3CN[C@@H]3C2)c1. The van der Waals surface area contributed by atoms with Gasteiger partial charge >= 0.3 is 0 Å². The molecule has 0 radical (unpaired) electrons. The quantitative estimate of drug-likeness (QED) is 0.787. The molecule has 0 unspecified atom stereocenters. The van der Waals surface area contributed by atoms with Crippen molar-refractivity contribution in [3.05, 3.63) is 35.1 Å². The van der Waals surface area contributed by atoms with E-state index in [0.717, 1.165) is 17.4 Å². The van der Waals surface area contributed by atoms with Crippen molar-refractivity contribution in [3.63, 3.8) is 0 Å². The lowest BCUT2D eigenvalue weighted by Crippen LogP contribution is -2.53. The molecule has 1 fully saturated rings. The zero-order valence-corrected chi connectivity index (χ0v) is 9.17. The van der Waals surface area contributed by atoms with Crippen molar-refractivity contribution < 1.29 is 0 Å². The molecule has 0 amide bonds. The molecule has 3 heteroatoms. The fraction of sp³-hybridized carbons (Fsp3) is 0.417. The van der Waals surface area contributed by atoms with Crippen LogP contribution in [0.1, 0.15) is 18.4 Å². The van der Waals surface area contributed by atoms with E-state index in [4.69, 9.17) is 11.6 Å². The third kappa shape index (κ3) is 1.68. The van der Waals surface area contributed by atoms with E-state index in [1.54, 1.807) is 6.20 Å². The number of halogens is 1. The maximum Gasteiger partial charge on any atom is 0.0595 e. The average Bonchev–Trinajstić information content (AvgIpc) is 2.20. The van der Waals surface area contributed by atoms with Gasteiger partial charge in [0.1, 0.15) is 0 Å². The predicted molar refractivity (Wildman–Crippen MR) is 61.7 cm³/mol. The Labute approximate surface area is 94.4 Å². The summed E-state index contributed by atoms with van der Waals surface area (Å²) >= 11 is 5.94. The molecule has 3 rings (SSSR count). The Morgan fingerprint density at radius 1 is 1.40 bits per heavy atom. The molecular weight excluding hydrogens is 208 g/mol. The summed E-state index contributed by atoms with van der Waals surface area (Å²) in [4.78, 5) is 4.13. The van der Waals surface area contributed by atoms with Gasteiger partial charge in [0.2, 0.25) is 0 Å². The summed E-state index contributed by atoms with van der Waals surface area (Å²) in [7, 11) is 0. The van der Waals surface area contributed by atoms with Crippen molar-refractivity contribution >= 4 is 17.2 Å². The van der Waals surface area contributed by atoms with Gasteiger partial charge in [-0.15, -0.1) is 0 Å². The second kappa shape index (κ2) is 3.62. The van der Waals surface area contributed by atoms with Gasteiger partial charge in [0.15, 0.2) is 0 Å². The summed E-state index contributed by atoms with van der Waals surface area (Å²) in [5, 5.41) is 4.19. The Morgan fingerprint density at radius 2 is 2.33 bits per heavy atom. The van der Waals surface area contributed by atoms with Gasteiger partial charge in [-0.05, 0) is 36.0 Å². The van der Waals surface area contributed by atoms with Crippen LogP contribution in [-0.2, 0) is 0 Å². The summed E-state index contributed by atoms with van der Waals surface area (Å²) in [6.07, 6.45) is 8.23. The molecule has 1 saturated heterocycles. The van der Waals surface area contributed by atoms with Crippen LogP contribution in [0.15, 0.2) is 24.5 Å². The molecule has 0 saturated carbocycles. The molecular formula is C12H13ClN2. The number of hydrogen-bond donors (Lipinski definition) is 1. The van der Waals surface area contributed by atoms with Crippen molar-refractivity contribution in [3.8, 4) is 0 Å². The first-order valence-corrected chi connectivity index (χ1v) is 5.74. The zero-order chi connectivity index (χ0) is 10.3. The smallest absolute Gasteiger partial charge is 0.0595 e.